The molecule has 0 unspecified atom stereocenters. The number of benzene rings is 2. The van der Waals surface area contributed by atoms with Gasteiger partial charge in [-0.3, -0.25) is 0 Å². The van der Waals surface area contributed by atoms with Gasteiger partial charge in [0.1, 0.15) is 5.01 Å². The largest absolute Gasteiger partial charge is 0.326 e. The van der Waals surface area contributed by atoms with Crippen LogP contribution in [0.5, 0.6) is 0 Å². The molecule has 0 fully saturated rings. The Morgan fingerprint density at radius 3 is 2.52 bits per heavy atom. The van der Waals surface area contributed by atoms with Gasteiger partial charge in [-0.1, -0.05) is 35.9 Å². The van der Waals surface area contributed by atoms with Crippen LogP contribution in [-0.4, -0.2) is 23.0 Å². The van der Waals surface area contributed by atoms with Crippen LogP contribution < -0.4 is 10.5 Å². The number of sulfonamides is 1. The predicted octanol–water partition coefficient (Wildman–Crippen LogP) is 3.91. The summed E-state index contributed by atoms with van der Waals surface area (Å²) in [5.41, 5.74) is 3.25. The number of hydrogen-bond acceptors (Lipinski definition) is 6. The van der Waals surface area contributed by atoms with Gasteiger partial charge in [-0.15, -0.1) is 11.3 Å². The van der Waals surface area contributed by atoms with Crippen molar-refractivity contribution in [2.24, 2.45) is 12.2 Å². The van der Waals surface area contributed by atoms with Crippen LogP contribution in [0.3, 0.4) is 0 Å². The SMILES string of the molecule is Cc1ccc(-c2ncc(-c3ccc(Nc4nccn4C)cc3S(N)(=O)=O)s2)cc1. The molecule has 0 atom stereocenters. The minimum Gasteiger partial charge on any atom is -0.326 e. The van der Waals surface area contributed by atoms with Crippen LogP contribution in [0.15, 0.2) is 66.0 Å². The maximum atomic E-state index is 12.3. The molecular weight excluding hydrogens is 406 g/mol. The van der Waals surface area contributed by atoms with Crippen molar-refractivity contribution in [2.75, 3.05) is 5.32 Å². The molecule has 0 aliphatic rings. The zero-order valence-corrected chi connectivity index (χ0v) is 17.5. The average molecular weight is 426 g/mol. The van der Waals surface area contributed by atoms with E-state index in [4.69, 9.17) is 5.14 Å². The van der Waals surface area contributed by atoms with E-state index >= 15 is 0 Å². The number of nitrogens with one attached hydrogen (secondary N) is 1. The van der Waals surface area contributed by atoms with Gasteiger partial charge in [0.05, 0.1) is 9.77 Å². The van der Waals surface area contributed by atoms with Crippen molar-refractivity contribution in [3.8, 4) is 21.0 Å². The molecule has 4 rings (SSSR count). The van der Waals surface area contributed by atoms with Crippen molar-refractivity contribution in [3.63, 3.8) is 0 Å². The van der Waals surface area contributed by atoms with E-state index in [1.54, 1.807) is 35.3 Å². The van der Waals surface area contributed by atoms with Gasteiger partial charge in [-0.2, -0.15) is 0 Å². The van der Waals surface area contributed by atoms with Crippen LogP contribution in [0.2, 0.25) is 0 Å². The number of nitrogens with zero attached hydrogens (tertiary/aromatic N) is 3. The zero-order chi connectivity index (χ0) is 20.6. The molecule has 0 aliphatic carbocycles. The molecule has 0 bridgehead atoms. The van der Waals surface area contributed by atoms with Crippen molar-refractivity contribution in [3.05, 3.63) is 66.6 Å². The molecule has 0 amide bonds. The Labute approximate surface area is 172 Å². The molecule has 2 heterocycles. The Morgan fingerprint density at radius 1 is 1.10 bits per heavy atom. The Hall–Kier alpha value is -3.01. The molecule has 3 N–H and O–H groups in total. The summed E-state index contributed by atoms with van der Waals surface area (Å²) in [6.45, 7) is 2.02. The monoisotopic (exact) mass is 425 g/mol. The van der Waals surface area contributed by atoms with Gasteiger partial charge < -0.3 is 9.88 Å². The number of primary sulfonamides is 1. The van der Waals surface area contributed by atoms with Crippen molar-refractivity contribution in [1.29, 1.82) is 0 Å². The van der Waals surface area contributed by atoms with E-state index in [0.717, 1.165) is 21.0 Å². The van der Waals surface area contributed by atoms with Crippen LogP contribution in [0, 0.1) is 6.92 Å². The molecule has 0 aliphatic heterocycles. The maximum absolute atomic E-state index is 12.3. The van der Waals surface area contributed by atoms with Gasteiger partial charge in [0.2, 0.25) is 16.0 Å². The lowest BCUT2D eigenvalue weighted by Gasteiger charge is -2.10. The van der Waals surface area contributed by atoms with E-state index in [0.29, 0.717) is 17.2 Å². The van der Waals surface area contributed by atoms with Crippen LogP contribution in [-0.2, 0) is 17.1 Å². The lowest BCUT2D eigenvalue weighted by molar-refractivity contribution is 0.598. The second kappa shape index (κ2) is 7.43. The lowest BCUT2D eigenvalue weighted by atomic mass is 10.2. The van der Waals surface area contributed by atoms with Crippen molar-refractivity contribution < 1.29 is 8.42 Å². The third-order valence-corrected chi connectivity index (χ3v) is 6.47. The first kappa shape index (κ1) is 19.3. The van der Waals surface area contributed by atoms with E-state index in [9.17, 15) is 8.42 Å². The quantitative estimate of drug-likeness (QED) is 0.505. The van der Waals surface area contributed by atoms with E-state index in [-0.39, 0.29) is 4.90 Å². The van der Waals surface area contributed by atoms with Gasteiger partial charge in [-0.05, 0) is 19.1 Å². The molecule has 148 valence electrons. The van der Waals surface area contributed by atoms with E-state index < -0.39 is 10.0 Å². The summed E-state index contributed by atoms with van der Waals surface area (Å²) >= 11 is 1.42. The average Bonchev–Trinajstić information content (AvgIpc) is 3.31. The molecule has 2 aromatic heterocycles. The molecule has 7 nitrogen and oxygen atoms in total. The molecule has 0 saturated heterocycles. The summed E-state index contributed by atoms with van der Waals surface area (Å²) in [6, 6.07) is 13.1. The van der Waals surface area contributed by atoms with Crippen LogP contribution >= 0.6 is 11.3 Å². The number of aromatic nitrogens is 3. The van der Waals surface area contributed by atoms with E-state index in [1.165, 1.54) is 17.4 Å². The summed E-state index contributed by atoms with van der Waals surface area (Å²) in [5, 5.41) is 9.42. The van der Waals surface area contributed by atoms with Crippen LogP contribution in [0.4, 0.5) is 11.6 Å². The van der Waals surface area contributed by atoms with Crippen LogP contribution in [0.1, 0.15) is 5.56 Å². The second-order valence-electron chi connectivity index (χ2n) is 6.64. The molecule has 2 aromatic carbocycles. The first-order chi connectivity index (χ1) is 13.8. The highest BCUT2D eigenvalue weighted by molar-refractivity contribution is 7.89. The van der Waals surface area contributed by atoms with Gasteiger partial charge in [-0.25, -0.2) is 23.5 Å². The van der Waals surface area contributed by atoms with E-state index in [2.05, 4.69) is 15.3 Å². The first-order valence-corrected chi connectivity index (χ1v) is 11.1. The topological polar surface area (TPSA) is 103 Å². The lowest BCUT2D eigenvalue weighted by Crippen LogP contribution is -2.13. The first-order valence-electron chi connectivity index (χ1n) is 8.76. The second-order valence-corrected chi connectivity index (χ2v) is 9.20. The number of imidazole rings is 1. The molecule has 0 saturated carbocycles. The number of anilines is 2. The Kier molecular flexibility index (Phi) is 4.95. The van der Waals surface area contributed by atoms with Gasteiger partial charge in [0, 0.05) is 42.5 Å². The zero-order valence-electron chi connectivity index (χ0n) is 15.8. The predicted molar refractivity (Wildman–Crippen MR) is 116 cm³/mol. The number of rotatable bonds is 5. The van der Waals surface area contributed by atoms with Crippen molar-refractivity contribution in [2.45, 2.75) is 11.8 Å². The summed E-state index contributed by atoms with van der Waals surface area (Å²) in [4.78, 5) is 9.42. The fraction of sp³-hybridized carbons (Fsp3) is 0.100. The summed E-state index contributed by atoms with van der Waals surface area (Å²) in [5.74, 6) is 0.595. The van der Waals surface area contributed by atoms with Gasteiger partial charge >= 0.3 is 0 Å². The van der Waals surface area contributed by atoms with Crippen molar-refractivity contribution in [1.82, 2.24) is 14.5 Å². The summed E-state index contributed by atoms with van der Waals surface area (Å²) in [6.07, 6.45) is 5.12. The number of hydrogen-bond donors (Lipinski definition) is 2. The highest BCUT2D eigenvalue weighted by Crippen LogP contribution is 2.36. The Bertz CT molecular complexity index is 1270. The maximum Gasteiger partial charge on any atom is 0.238 e. The number of nitrogens with two attached hydrogens (primary N) is 1. The number of aryl methyl sites for hydroxylation is 2. The Balaban J connectivity index is 1.74. The highest BCUT2D eigenvalue weighted by Gasteiger charge is 2.19. The Morgan fingerprint density at radius 2 is 1.86 bits per heavy atom. The minimum absolute atomic E-state index is 0.0378. The normalized spacial score (nSPS) is 11.6. The van der Waals surface area contributed by atoms with Crippen molar-refractivity contribution >= 4 is 33.0 Å². The third kappa shape index (κ3) is 4.07. The van der Waals surface area contributed by atoms with Gasteiger partial charge in [0.15, 0.2) is 0 Å². The summed E-state index contributed by atoms with van der Waals surface area (Å²) < 4.78 is 26.3. The molecule has 0 spiro atoms. The molecule has 0 radical (unpaired) electrons. The molecule has 29 heavy (non-hydrogen) atoms. The smallest absolute Gasteiger partial charge is 0.238 e. The standard InChI is InChI=1S/C20H19N5O2S2/c1-13-3-5-14(6-4-13)19-23-12-17(28-19)16-8-7-15(11-18(16)29(21,26)27)24-20-22-9-10-25(20)2/h3-12H,1-2H3,(H,22,24)(H2,21,26,27). The minimum atomic E-state index is -3.94. The molecule has 4 aromatic rings. The fourth-order valence-electron chi connectivity index (χ4n) is 2.88. The summed E-state index contributed by atoms with van der Waals surface area (Å²) in [7, 11) is -2.10. The third-order valence-electron chi connectivity index (χ3n) is 4.44. The molecule has 9 heteroatoms. The van der Waals surface area contributed by atoms with Gasteiger partial charge in [0.25, 0.3) is 0 Å². The molecular formula is C20H19N5O2S2. The fourth-order valence-corrected chi connectivity index (χ4v) is 4.68. The number of thiazole rings is 1. The van der Waals surface area contributed by atoms with E-state index in [1.807, 2.05) is 38.2 Å². The van der Waals surface area contributed by atoms with Crippen LogP contribution in [0.25, 0.3) is 21.0 Å². The highest BCUT2D eigenvalue weighted by atomic mass is 32.2.